The molecular weight excluding hydrogens is 295 g/mol. The second-order valence-corrected chi connectivity index (χ2v) is 6.29. The van der Waals surface area contributed by atoms with Gasteiger partial charge in [-0.2, -0.15) is 5.10 Å². The first-order valence-electron chi connectivity index (χ1n) is 6.42. The maximum atomic E-state index is 12.8. The number of aromatic nitrogens is 2. The topological polar surface area (TPSA) is 101 Å². The number of aromatic amines is 1. The van der Waals surface area contributed by atoms with Crippen LogP contribution in [0.25, 0.3) is 0 Å². The molecule has 1 aromatic carbocycles. The summed E-state index contributed by atoms with van der Waals surface area (Å²) in [5, 5.41) is 6.34. The molecule has 0 bridgehead atoms. The lowest BCUT2D eigenvalue weighted by Gasteiger charge is -2.06. The number of benzene rings is 1. The van der Waals surface area contributed by atoms with E-state index in [0.29, 0.717) is 17.7 Å². The highest BCUT2D eigenvalue weighted by molar-refractivity contribution is 7.89. The molecule has 21 heavy (non-hydrogen) atoms. The predicted octanol–water partition coefficient (Wildman–Crippen LogP) is 0.837. The van der Waals surface area contributed by atoms with Gasteiger partial charge >= 0.3 is 0 Å². The lowest BCUT2D eigenvalue weighted by atomic mass is 10.1. The van der Waals surface area contributed by atoms with Crippen LogP contribution >= 0.6 is 0 Å². The lowest BCUT2D eigenvalue weighted by molar-refractivity contribution is 0.575. The number of nitrogens with two attached hydrogens (primary N) is 1. The van der Waals surface area contributed by atoms with Gasteiger partial charge in [-0.25, -0.2) is 17.5 Å². The summed E-state index contributed by atoms with van der Waals surface area (Å²) in [6, 6.07) is 5.92. The van der Waals surface area contributed by atoms with Gasteiger partial charge in [0.25, 0.3) is 10.0 Å². The number of sulfonamides is 1. The van der Waals surface area contributed by atoms with Gasteiger partial charge in [-0.3, -0.25) is 5.10 Å². The van der Waals surface area contributed by atoms with Gasteiger partial charge in [-0.1, -0.05) is 12.1 Å². The molecule has 0 saturated heterocycles. The van der Waals surface area contributed by atoms with Gasteiger partial charge in [0.2, 0.25) is 0 Å². The molecule has 0 aliphatic heterocycles. The summed E-state index contributed by atoms with van der Waals surface area (Å²) in [5.74, 6) is -0.320. The summed E-state index contributed by atoms with van der Waals surface area (Å²) in [7, 11) is -3.71. The minimum Gasteiger partial charge on any atom is -0.326 e. The zero-order valence-electron chi connectivity index (χ0n) is 11.6. The summed E-state index contributed by atoms with van der Waals surface area (Å²) in [5.41, 5.74) is 7.49. The van der Waals surface area contributed by atoms with Gasteiger partial charge in [-0.05, 0) is 31.0 Å². The van der Waals surface area contributed by atoms with Crippen molar-refractivity contribution in [2.75, 3.05) is 6.54 Å². The largest absolute Gasteiger partial charge is 0.326 e. The van der Waals surface area contributed by atoms with Crippen LogP contribution in [-0.4, -0.2) is 25.2 Å². The molecule has 0 atom stereocenters. The molecule has 0 unspecified atom stereocenters. The average molecular weight is 312 g/mol. The lowest BCUT2D eigenvalue weighted by Crippen LogP contribution is -2.27. The molecule has 1 heterocycles. The Morgan fingerprint density at radius 2 is 2.00 bits per heavy atom. The SMILES string of the molecule is Cc1[nH]nc(S(=O)(=O)NCCc2ccc(F)cc2)c1CN. The molecule has 0 saturated carbocycles. The fourth-order valence-corrected chi connectivity index (χ4v) is 3.18. The zero-order chi connectivity index (χ0) is 15.5. The Morgan fingerprint density at radius 3 is 2.62 bits per heavy atom. The molecule has 114 valence electrons. The molecular formula is C13H17FN4O2S. The molecule has 6 nitrogen and oxygen atoms in total. The monoisotopic (exact) mass is 312 g/mol. The van der Waals surface area contributed by atoms with E-state index in [1.54, 1.807) is 19.1 Å². The zero-order valence-corrected chi connectivity index (χ0v) is 12.4. The van der Waals surface area contributed by atoms with E-state index in [1.165, 1.54) is 12.1 Å². The normalized spacial score (nSPS) is 11.8. The van der Waals surface area contributed by atoms with E-state index in [9.17, 15) is 12.8 Å². The Balaban J connectivity index is 2.03. The standard InChI is InChI=1S/C13H17FN4O2S/c1-9-12(8-15)13(18-17-9)21(19,20)16-7-6-10-2-4-11(14)5-3-10/h2-5,16H,6-8,15H2,1H3,(H,17,18). The van der Waals surface area contributed by atoms with Crippen molar-refractivity contribution in [3.8, 4) is 0 Å². The number of nitrogens with one attached hydrogen (secondary N) is 2. The van der Waals surface area contributed by atoms with Crippen molar-refractivity contribution in [2.45, 2.75) is 24.9 Å². The molecule has 0 aliphatic rings. The van der Waals surface area contributed by atoms with Crippen LogP contribution in [-0.2, 0) is 23.0 Å². The van der Waals surface area contributed by atoms with Gasteiger partial charge in [0.1, 0.15) is 5.82 Å². The average Bonchev–Trinajstić information content (AvgIpc) is 2.82. The fraction of sp³-hybridized carbons (Fsp3) is 0.308. The highest BCUT2D eigenvalue weighted by atomic mass is 32.2. The van der Waals surface area contributed by atoms with Gasteiger partial charge in [-0.15, -0.1) is 0 Å². The molecule has 2 aromatic rings. The van der Waals surface area contributed by atoms with Crippen LogP contribution in [0.1, 0.15) is 16.8 Å². The first-order chi connectivity index (χ1) is 9.94. The van der Waals surface area contributed by atoms with E-state index in [1.807, 2.05) is 0 Å². The molecule has 0 radical (unpaired) electrons. The van der Waals surface area contributed by atoms with Crippen molar-refractivity contribution >= 4 is 10.0 Å². The summed E-state index contributed by atoms with van der Waals surface area (Å²) >= 11 is 0. The van der Waals surface area contributed by atoms with Crippen LogP contribution in [0.2, 0.25) is 0 Å². The minimum absolute atomic E-state index is 0.0680. The molecule has 8 heteroatoms. The highest BCUT2D eigenvalue weighted by Crippen LogP contribution is 2.15. The van der Waals surface area contributed by atoms with Crippen molar-refractivity contribution in [1.29, 1.82) is 0 Å². The molecule has 0 fully saturated rings. The first kappa shape index (κ1) is 15.6. The van der Waals surface area contributed by atoms with Gasteiger partial charge in [0.15, 0.2) is 5.03 Å². The second kappa shape index (κ2) is 6.33. The smallest absolute Gasteiger partial charge is 0.260 e. The quantitative estimate of drug-likeness (QED) is 0.735. The first-order valence-corrected chi connectivity index (χ1v) is 7.90. The Labute approximate surface area is 122 Å². The van der Waals surface area contributed by atoms with Gasteiger partial charge < -0.3 is 5.73 Å². The van der Waals surface area contributed by atoms with Gasteiger partial charge in [0.05, 0.1) is 0 Å². The number of hydrogen-bond donors (Lipinski definition) is 3. The second-order valence-electron chi connectivity index (χ2n) is 4.61. The fourth-order valence-electron chi connectivity index (χ4n) is 1.94. The molecule has 0 spiro atoms. The number of H-pyrrole nitrogens is 1. The van der Waals surface area contributed by atoms with Crippen LogP contribution < -0.4 is 10.5 Å². The van der Waals surface area contributed by atoms with Crippen LogP contribution in [0.4, 0.5) is 4.39 Å². The van der Waals surface area contributed by atoms with E-state index in [4.69, 9.17) is 5.73 Å². The number of hydrogen-bond acceptors (Lipinski definition) is 4. The summed E-state index contributed by atoms with van der Waals surface area (Å²) in [6.45, 7) is 2.01. The van der Waals surface area contributed by atoms with Crippen molar-refractivity contribution in [3.05, 3.63) is 46.9 Å². The minimum atomic E-state index is -3.71. The van der Waals surface area contributed by atoms with Crippen molar-refractivity contribution in [3.63, 3.8) is 0 Å². The van der Waals surface area contributed by atoms with Crippen molar-refractivity contribution in [2.24, 2.45) is 5.73 Å². The predicted molar refractivity (Wildman–Crippen MR) is 76.5 cm³/mol. The van der Waals surface area contributed by atoms with Crippen LogP contribution in [0.15, 0.2) is 29.3 Å². The number of halogens is 1. The number of nitrogens with zero attached hydrogens (tertiary/aromatic N) is 1. The third-order valence-electron chi connectivity index (χ3n) is 3.11. The van der Waals surface area contributed by atoms with E-state index >= 15 is 0 Å². The van der Waals surface area contributed by atoms with E-state index in [2.05, 4.69) is 14.9 Å². The van der Waals surface area contributed by atoms with Crippen LogP contribution in [0.5, 0.6) is 0 Å². The summed E-state index contributed by atoms with van der Waals surface area (Å²) in [6.07, 6.45) is 0.459. The maximum Gasteiger partial charge on any atom is 0.260 e. The molecule has 1 aromatic heterocycles. The Bertz CT molecular complexity index is 710. The molecule has 0 amide bonds. The third kappa shape index (κ3) is 3.66. The van der Waals surface area contributed by atoms with Crippen molar-refractivity contribution < 1.29 is 12.8 Å². The highest BCUT2D eigenvalue weighted by Gasteiger charge is 2.22. The third-order valence-corrected chi connectivity index (χ3v) is 4.54. The summed E-state index contributed by atoms with van der Waals surface area (Å²) < 4.78 is 39.6. The van der Waals surface area contributed by atoms with Crippen LogP contribution in [0, 0.1) is 12.7 Å². The Morgan fingerprint density at radius 1 is 1.33 bits per heavy atom. The number of rotatable bonds is 6. The van der Waals surface area contributed by atoms with E-state index in [0.717, 1.165) is 5.56 Å². The maximum absolute atomic E-state index is 12.8. The molecule has 4 N–H and O–H groups in total. The summed E-state index contributed by atoms with van der Waals surface area (Å²) in [4.78, 5) is 0. The van der Waals surface area contributed by atoms with E-state index < -0.39 is 10.0 Å². The Kier molecular flexibility index (Phi) is 4.71. The van der Waals surface area contributed by atoms with Crippen LogP contribution in [0.3, 0.4) is 0 Å². The Hall–Kier alpha value is -1.77. The number of aryl methyl sites for hydroxylation is 1. The molecule has 2 rings (SSSR count). The molecule has 0 aliphatic carbocycles. The van der Waals surface area contributed by atoms with E-state index in [-0.39, 0.29) is 23.9 Å². The van der Waals surface area contributed by atoms with Gasteiger partial charge in [0, 0.05) is 24.3 Å². The van der Waals surface area contributed by atoms with Crippen molar-refractivity contribution in [1.82, 2.24) is 14.9 Å².